The molecule has 0 saturated carbocycles. The van der Waals surface area contributed by atoms with Gasteiger partial charge in [-0.1, -0.05) is 32.3 Å². The molecular weight excluding hydrogens is 222 g/mol. The standard InChI is InChI=1S/C12H18BFO3/c1-2-3-4-5-9-16-13(15)17-12-8-6-7-11(14)10-12/h6-8,10,15H,2-5,9H2,1H3. The summed E-state index contributed by atoms with van der Waals surface area (Å²) in [6.45, 7) is 2.57. The monoisotopic (exact) mass is 240 g/mol. The van der Waals surface area contributed by atoms with E-state index in [1.54, 1.807) is 6.07 Å². The third-order valence-electron chi connectivity index (χ3n) is 2.29. The summed E-state index contributed by atoms with van der Waals surface area (Å²) in [6, 6.07) is 5.58. The number of rotatable bonds is 8. The first-order chi connectivity index (χ1) is 8.22. The van der Waals surface area contributed by atoms with Crippen molar-refractivity contribution in [3.8, 4) is 5.75 Å². The molecule has 0 spiro atoms. The number of halogens is 1. The Bertz CT molecular complexity index is 322. The highest BCUT2D eigenvalue weighted by atomic mass is 19.1. The zero-order valence-electron chi connectivity index (χ0n) is 10.1. The molecule has 94 valence electrons. The molecule has 3 nitrogen and oxygen atoms in total. The Hall–Kier alpha value is -1.07. The van der Waals surface area contributed by atoms with E-state index in [1.807, 2.05) is 0 Å². The van der Waals surface area contributed by atoms with E-state index in [0.717, 1.165) is 25.7 Å². The van der Waals surface area contributed by atoms with Gasteiger partial charge in [-0.15, -0.1) is 0 Å². The molecule has 0 atom stereocenters. The van der Waals surface area contributed by atoms with E-state index < -0.39 is 13.1 Å². The van der Waals surface area contributed by atoms with Crippen LogP contribution in [0.5, 0.6) is 5.75 Å². The highest BCUT2D eigenvalue weighted by Crippen LogP contribution is 2.12. The van der Waals surface area contributed by atoms with E-state index in [9.17, 15) is 9.41 Å². The second-order valence-corrected chi connectivity index (χ2v) is 3.81. The minimum absolute atomic E-state index is 0.256. The maximum Gasteiger partial charge on any atom is 0.710 e. The summed E-state index contributed by atoms with van der Waals surface area (Å²) in [5.74, 6) is -0.149. The van der Waals surface area contributed by atoms with E-state index in [-0.39, 0.29) is 5.75 Å². The minimum atomic E-state index is -1.33. The highest BCUT2D eigenvalue weighted by Gasteiger charge is 2.17. The van der Waals surface area contributed by atoms with Crippen LogP contribution in [-0.2, 0) is 4.65 Å². The second kappa shape index (κ2) is 8.09. The summed E-state index contributed by atoms with van der Waals surface area (Å²) < 4.78 is 22.8. The van der Waals surface area contributed by atoms with Crippen LogP contribution in [0.15, 0.2) is 24.3 Å². The van der Waals surface area contributed by atoms with Gasteiger partial charge >= 0.3 is 7.32 Å². The fourth-order valence-electron chi connectivity index (χ4n) is 1.40. The smallest absolute Gasteiger partial charge is 0.512 e. The number of unbranched alkanes of at least 4 members (excludes halogenated alkanes) is 3. The topological polar surface area (TPSA) is 38.7 Å². The van der Waals surface area contributed by atoms with Gasteiger partial charge in [-0.2, -0.15) is 0 Å². The largest absolute Gasteiger partial charge is 0.710 e. The maximum atomic E-state index is 12.8. The van der Waals surface area contributed by atoms with Crippen molar-refractivity contribution in [2.45, 2.75) is 32.6 Å². The molecule has 1 N–H and O–H groups in total. The molecule has 0 amide bonds. The fraction of sp³-hybridized carbons (Fsp3) is 0.500. The second-order valence-electron chi connectivity index (χ2n) is 3.81. The molecule has 0 bridgehead atoms. The van der Waals surface area contributed by atoms with Crippen molar-refractivity contribution < 1.29 is 18.7 Å². The SMILES string of the molecule is CCCCCCOB(O)Oc1cccc(F)c1. The van der Waals surface area contributed by atoms with Gasteiger partial charge in [-0.25, -0.2) is 4.39 Å². The average Bonchev–Trinajstić information content (AvgIpc) is 2.29. The fourth-order valence-corrected chi connectivity index (χ4v) is 1.40. The van der Waals surface area contributed by atoms with E-state index in [4.69, 9.17) is 9.31 Å². The van der Waals surface area contributed by atoms with Gasteiger partial charge in [-0.05, 0) is 18.6 Å². The van der Waals surface area contributed by atoms with Crippen molar-refractivity contribution in [2.24, 2.45) is 0 Å². The zero-order chi connectivity index (χ0) is 12.5. The van der Waals surface area contributed by atoms with Crippen LogP contribution in [0.25, 0.3) is 0 Å². The quantitative estimate of drug-likeness (QED) is 0.560. The van der Waals surface area contributed by atoms with Crippen molar-refractivity contribution in [2.75, 3.05) is 6.61 Å². The van der Waals surface area contributed by atoms with E-state index in [1.165, 1.54) is 18.2 Å². The third kappa shape index (κ3) is 6.29. The lowest BCUT2D eigenvalue weighted by molar-refractivity contribution is 0.189. The van der Waals surface area contributed by atoms with Crippen LogP contribution in [0.2, 0.25) is 0 Å². The van der Waals surface area contributed by atoms with Crippen molar-refractivity contribution >= 4 is 7.32 Å². The number of hydrogen-bond donors (Lipinski definition) is 1. The van der Waals surface area contributed by atoms with Crippen molar-refractivity contribution in [1.29, 1.82) is 0 Å². The highest BCUT2D eigenvalue weighted by molar-refractivity contribution is 6.35. The van der Waals surface area contributed by atoms with Gasteiger partial charge in [0.05, 0.1) is 0 Å². The zero-order valence-corrected chi connectivity index (χ0v) is 10.1. The molecule has 5 heteroatoms. The van der Waals surface area contributed by atoms with Crippen LogP contribution < -0.4 is 4.65 Å². The van der Waals surface area contributed by atoms with Crippen molar-refractivity contribution in [3.05, 3.63) is 30.1 Å². The van der Waals surface area contributed by atoms with Gasteiger partial charge in [0, 0.05) is 12.7 Å². The Balaban J connectivity index is 2.18. The van der Waals surface area contributed by atoms with Gasteiger partial charge in [0.25, 0.3) is 0 Å². The van der Waals surface area contributed by atoms with Crippen LogP contribution in [0.4, 0.5) is 4.39 Å². The van der Waals surface area contributed by atoms with E-state index in [2.05, 4.69) is 6.92 Å². The van der Waals surface area contributed by atoms with Gasteiger partial charge in [0.15, 0.2) is 0 Å². The van der Waals surface area contributed by atoms with Crippen LogP contribution in [-0.4, -0.2) is 19.0 Å². The van der Waals surface area contributed by atoms with Crippen LogP contribution >= 0.6 is 0 Å². The first kappa shape index (κ1) is 14.0. The summed E-state index contributed by atoms with van der Waals surface area (Å²) in [5, 5.41) is 9.38. The average molecular weight is 240 g/mol. The third-order valence-corrected chi connectivity index (χ3v) is 2.29. The molecule has 1 aromatic rings. The van der Waals surface area contributed by atoms with Crippen molar-refractivity contribution in [3.63, 3.8) is 0 Å². The Morgan fingerprint density at radius 2 is 2.12 bits per heavy atom. The van der Waals surface area contributed by atoms with Gasteiger partial charge in [0.1, 0.15) is 11.6 Å². The van der Waals surface area contributed by atoms with Crippen LogP contribution in [0, 0.1) is 5.82 Å². The Kier molecular flexibility index (Phi) is 6.66. The first-order valence-corrected chi connectivity index (χ1v) is 5.94. The molecule has 0 aromatic heterocycles. The number of benzene rings is 1. The molecule has 0 aliphatic heterocycles. The number of hydrogen-bond acceptors (Lipinski definition) is 3. The molecule has 0 saturated heterocycles. The Morgan fingerprint density at radius 3 is 2.82 bits per heavy atom. The van der Waals surface area contributed by atoms with Crippen LogP contribution in [0.1, 0.15) is 32.6 Å². The van der Waals surface area contributed by atoms with E-state index in [0.29, 0.717) is 6.61 Å². The molecule has 0 heterocycles. The van der Waals surface area contributed by atoms with Gasteiger partial charge < -0.3 is 14.3 Å². The predicted molar refractivity (Wildman–Crippen MR) is 65.1 cm³/mol. The normalized spacial score (nSPS) is 10.3. The van der Waals surface area contributed by atoms with Gasteiger partial charge in [-0.3, -0.25) is 0 Å². The summed E-state index contributed by atoms with van der Waals surface area (Å²) >= 11 is 0. The summed E-state index contributed by atoms with van der Waals surface area (Å²) in [5.41, 5.74) is 0. The molecule has 0 unspecified atom stereocenters. The molecule has 0 fully saturated rings. The lowest BCUT2D eigenvalue weighted by Gasteiger charge is -2.09. The maximum absolute atomic E-state index is 12.8. The molecule has 17 heavy (non-hydrogen) atoms. The lowest BCUT2D eigenvalue weighted by atomic mass is 10.2. The summed E-state index contributed by atoms with van der Waals surface area (Å²) in [7, 11) is -1.33. The van der Waals surface area contributed by atoms with Crippen LogP contribution in [0.3, 0.4) is 0 Å². The van der Waals surface area contributed by atoms with E-state index >= 15 is 0 Å². The Labute approximate surface area is 102 Å². The summed E-state index contributed by atoms with van der Waals surface area (Å²) in [6.07, 6.45) is 4.27. The molecule has 0 aliphatic carbocycles. The van der Waals surface area contributed by atoms with Crippen molar-refractivity contribution in [1.82, 2.24) is 0 Å². The molecule has 0 aliphatic rings. The Morgan fingerprint density at radius 1 is 1.29 bits per heavy atom. The predicted octanol–water partition coefficient (Wildman–Crippen LogP) is 2.78. The minimum Gasteiger partial charge on any atom is -0.512 e. The molecule has 0 radical (unpaired) electrons. The molecule has 1 rings (SSSR count). The van der Waals surface area contributed by atoms with Gasteiger partial charge in [0.2, 0.25) is 0 Å². The first-order valence-electron chi connectivity index (χ1n) is 5.94. The summed E-state index contributed by atoms with van der Waals surface area (Å²) in [4.78, 5) is 0. The lowest BCUT2D eigenvalue weighted by Crippen LogP contribution is -2.26. The molecular formula is C12H18BFO3. The molecule has 1 aromatic carbocycles.